The highest BCUT2D eigenvalue weighted by Crippen LogP contribution is 2.19. The van der Waals surface area contributed by atoms with Gasteiger partial charge in [0.25, 0.3) is 5.91 Å². The minimum absolute atomic E-state index is 0.0513. The van der Waals surface area contributed by atoms with Crippen molar-refractivity contribution in [2.45, 2.75) is 39.2 Å². The molecular weight excluding hydrogens is 284 g/mol. The van der Waals surface area contributed by atoms with Gasteiger partial charge in [0.15, 0.2) is 5.69 Å². The Morgan fingerprint density at radius 1 is 1.48 bits per heavy atom. The number of anilines is 1. The molecule has 1 rings (SSSR count). The van der Waals surface area contributed by atoms with Gasteiger partial charge >= 0.3 is 0 Å². The number of hydrogen-bond donors (Lipinski definition) is 1. The molecule has 0 aromatic carbocycles. The van der Waals surface area contributed by atoms with E-state index in [2.05, 4.69) is 28.5 Å². The molecule has 1 aromatic rings. The summed E-state index contributed by atoms with van der Waals surface area (Å²) >= 11 is 1.75. The number of nitrogens with zero attached hydrogens (tertiary/aromatic N) is 3. The van der Waals surface area contributed by atoms with Crippen LogP contribution < -0.4 is 5.32 Å². The summed E-state index contributed by atoms with van der Waals surface area (Å²) < 4.78 is 0. The van der Waals surface area contributed by atoms with Crippen molar-refractivity contribution in [3.63, 3.8) is 0 Å². The van der Waals surface area contributed by atoms with Gasteiger partial charge in [0.2, 0.25) is 0 Å². The van der Waals surface area contributed by atoms with Gasteiger partial charge in [-0.3, -0.25) is 4.79 Å². The van der Waals surface area contributed by atoms with Crippen LogP contribution in [0.15, 0.2) is 6.20 Å². The summed E-state index contributed by atoms with van der Waals surface area (Å²) in [5.41, 5.74) is 1.13. The zero-order chi connectivity index (χ0) is 16.0. The fraction of sp³-hybridized carbons (Fsp3) is 0.667. The molecule has 0 aliphatic heterocycles. The Kier molecular flexibility index (Phi) is 6.95. The molecule has 0 saturated carbocycles. The maximum Gasteiger partial charge on any atom is 0.274 e. The summed E-state index contributed by atoms with van der Waals surface area (Å²) in [7, 11) is 3.63. The molecule has 1 heterocycles. The maximum absolute atomic E-state index is 12.8. The second kappa shape index (κ2) is 8.22. The summed E-state index contributed by atoms with van der Waals surface area (Å²) in [4.78, 5) is 23.3. The number of carbonyl (C=O) groups excluding carboxylic acids is 1. The Hall–Kier alpha value is -1.30. The van der Waals surface area contributed by atoms with E-state index >= 15 is 0 Å². The van der Waals surface area contributed by atoms with Gasteiger partial charge in [-0.25, -0.2) is 9.97 Å². The molecule has 0 fully saturated rings. The molecular formula is C15H26N4OS. The van der Waals surface area contributed by atoms with Gasteiger partial charge in [0.1, 0.15) is 5.82 Å². The molecule has 1 amide bonds. The lowest BCUT2D eigenvalue weighted by Gasteiger charge is -2.27. The monoisotopic (exact) mass is 310 g/mol. The third-order valence-corrected chi connectivity index (χ3v) is 4.21. The molecule has 0 radical (unpaired) electrons. The Bertz CT molecular complexity index is 479. The van der Waals surface area contributed by atoms with Crippen LogP contribution in [0, 0.1) is 0 Å². The largest absolute Gasteiger partial charge is 0.385 e. The van der Waals surface area contributed by atoms with E-state index in [0.29, 0.717) is 17.2 Å². The number of hydrogen-bond acceptors (Lipinski definition) is 5. The minimum Gasteiger partial charge on any atom is -0.385 e. The number of rotatable bonds is 7. The Labute approximate surface area is 131 Å². The van der Waals surface area contributed by atoms with E-state index in [-0.39, 0.29) is 17.9 Å². The molecule has 0 aliphatic rings. The SMILES string of the molecule is CCC(CSC)N(C)C(=O)c1nc(C(C)C)ncc1NC. The molecule has 1 atom stereocenters. The van der Waals surface area contributed by atoms with Crippen LogP contribution in [-0.2, 0) is 0 Å². The molecule has 1 N–H and O–H groups in total. The average Bonchev–Trinajstić information content (AvgIpc) is 2.50. The van der Waals surface area contributed by atoms with E-state index < -0.39 is 0 Å². The summed E-state index contributed by atoms with van der Waals surface area (Å²) in [5, 5.41) is 3.01. The van der Waals surface area contributed by atoms with Gasteiger partial charge in [-0.15, -0.1) is 0 Å². The first kappa shape index (κ1) is 17.8. The third-order valence-electron chi connectivity index (χ3n) is 3.49. The summed E-state index contributed by atoms with van der Waals surface area (Å²) in [6.07, 6.45) is 4.68. The lowest BCUT2D eigenvalue weighted by molar-refractivity contribution is 0.0738. The highest BCUT2D eigenvalue weighted by molar-refractivity contribution is 7.98. The van der Waals surface area contributed by atoms with E-state index in [1.807, 2.05) is 20.9 Å². The molecule has 0 bridgehead atoms. The fourth-order valence-corrected chi connectivity index (χ4v) is 2.89. The van der Waals surface area contributed by atoms with Crippen LogP contribution in [-0.4, -0.2) is 52.9 Å². The molecule has 1 aromatic heterocycles. The molecule has 0 aliphatic carbocycles. The zero-order valence-corrected chi connectivity index (χ0v) is 14.6. The number of carbonyl (C=O) groups is 1. The first-order chi connectivity index (χ1) is 9.96. The first-order valence-corrected chi connectivity index (χ1v) is 8.66. The minimum atomic E-state index is -0.0513. The van der Waals surface area contributed by atoms with Gasteiger partial charge < -0.3 is 10.2 Å². The van der Waals surface area contributed by atoms with Gasteiger partial charge in [0, 0.05) is 31.8 Å². The predicted molar refractivity (Wildman–Crippen MR) is 90.2 cm³/mol. The Balaban J connectivity index is 3.12. The molecule has 1 unspecified atom stereocenters. The van der Waals surface area contributed by atoms with Gasteiger partial charge in [-0.1, -0.05) is 20.8 Å². The number of amides is 1. The van der Waals surface area contributed by atoms with Crippen molar-refractivity contribution < 1.29 is 4.79 Å². The molecule has 118 valence electrons. The lowest BCUT2D eigenvalue weighted by atomic mass is 10.1. The highest BCUT2D eigenvalue weighted by Gasteiger charge is 2.24. The van der Waals surface area contributed by atoms with Gasteiger partial charge in [0.05, 0.1) is 11.9 Å². The summed E-state index contributed by atoms with van der Waals surface area (Å²) in [6, 6.07) is 0.217. The Morgan fingerprint density at radius 3 is 2.62 bits per heavy atom. The lowest BCUT2D eigenvalue weighted by Crippen LogP contribution is -2.39. The topological polar surface area (TPSA) is 58.1 Å². The number of thioether (sulfide) groups is 1. The van der Waals surface area contributed by atoms with Crippen LogP contribution in [0.2, 0.25) is 0 Å². The molecule has 21 heavy (non-hydrogen) atoms. The molecule has 6 heteroatoms. The molecule has 0 saturated heterocycles. The predicted octanol–water partition coefficient (Wildman–Crippen LogP) is 2.86. The summed E-state index contributed by atoms with van der Waals surface area (Å²) in [5.74, 6) is 1.77. The quantitative estimate of drug-likeness (QED) is 0.839. The van der Waals surface area contributed by atoms with Gasteiger partial charge in [-0.2, -0.15) is 11.8 Å². The maximum atomic E-state index is 12.8. The van der Waals surface area contributed by atoms with Crippen LogP contribution in [0.1, 0.15) is 49.4 Å². The summed E-state index contributed by atoms with van der Waals surface area (Å²) in [6.45, 7) is 6.15. The van der Waals surface area contributed by atoms with Crippen molar-refractivity contribution in [3.05, 3.63) is 17.7 Å². The first-order valence-electron chi connectivity index (χ1n) is 7.26. The van der Waals surface area contributed by atoms with Crippen LogP contribution >= 0.6 is 11.8 Å². The zero-order valence-electron chi connectivity index (χ0n) is 13.8. The van der Waals surface area contributed by atoms with Crippen molar-refractivity contribution in [1.82, 2.24) is 14.9 Å². The normalized spacial score (nSPS) is 12.3. The van der Waals surface area contributed by atoms with Gasteiger partial charge in [-0.05, 0) is 12.7 Å². The van der Waals surface area contributed by atoms with E-state index in [4.69, 9.17) is 0 Å². The van der Waals surface area contributed by atoms with Crippen LogP contribution in [0.3, 0.4) is 0 Å². The third kappa shape index (κ3) is 4.33. The standard InChI is InChI=1S/C15H26N4OS/c1-7-11(9-21-6)19(5)15(20)13-12(16-4)8-17-14(18-13)10(2)3/h8,10-11,16H,7,9H2,1-6H3. The average molecular weight is 310 g/mol. The van der Waals surface area contributed by atoms with Crippen molar-refractivity contribution >= 4 is 23.4 Å². The van der Waals surface area contributed by atoms with Crippen molar-refractivity contribution in [3.8, 4) is 0 Å². The van der Waals surface area contributed by atoms with Crippen molar-refractivity contribution in [2.24, 2.45) is 0 Å². The molecule has 0 spiro atoms. The molecule has 5 nitrogen and oxygen atoms in total. The number of nitrogens with one attached hydrogen (secondary N) is 1. The second-order valence-electron chi connectivity index (χ2n) is 5.33. The second-order valence-corrected chi connectivity index (χ2v) is 6.24. The van der Waals surface area contributed by atoms with Crippen LogP contribution in [0.25, 0.3) is 0 Å². The van der Waals surface area contributed by atoms with Crippen molar-refractivity contribution in [2.75, 3.05) is 31.4 Å². The fourth-order valence-electron chi connectivity index (χ4n) is 2.05. The Morgan fingerprint density at radius 2 is 2.14 bits per heavy atom. The van der Waals surface area contributed by atoms with E-state index in [1.165, 1.54) is 0 Å². The van der Waals surface area contributed by atoms with E-state index in [0.717, 1.165) is 12.2 Å². The highest BCUT2D eigenvalue weighted by atomic mass is 32.2. The number of aromatic nitrogens is 2. The van der Waals surface area contributed by atoms with E-state index in [9.17, 15) is 4.79 Å². The van der Waals surface area contributed by atoms with E-state index in [1.54, 1.807) is 29.9 Å². The van der Waals surface area contributed by atoms with Crippen LogP contribution in [0.4, 0.5) is 5.69 Å². The smallest absolute Gasteiger partial charge is 0.274 e. The van der Waals surface area contributed by atoms with Crippen molar-refractivity contribution in [1.29, 1.82) is 0 Å². The van der Waals surface area contributed by atoms with Crippen LogP contribution in [0.5, 0.6) is 0 Å².